The summed E-state index contributed by atoms with van der Waals surface area (Å²) in [4.78, 5) is 4.33. The van der Waals surface area contributed by atoms with Crippen molar-refractivity contribution in [2.45, 2.75) is 6.42 Å². The third kappa shape index (κ3) is 2.75. The second kappa shape index (κ2) is 5.92. The molecule has 1 N–H and O–H groups in total. The maximum Gasteiger partial charge on any atom is 0.213 e. The number of fused-ring (bicyclic) bond motifs is 1. The summed E-state index contributed by atoms with van der Waals surface area (Å²) in [5, 5.41) is 3.37. The van der Waals surface area contributed by atoms with Crippen molar-refractivity contribution in [1.82, 2.24) is 4.98 Å². The highest BCUT2D eigenvalue weighted by molar-refractivity contribution is 5.69. The van der Waals surface area contributed by atoms with Crippen LogP contribution in [0.15, 0.2) is 36.5 Å². The van der Waals surface area contributed by atoms with Gasteiger partial charge in [0.1, 0.15) is 6.61 Å². The zero-order valence-electron chi connectivity index (χ0n) is 11.6. The number of nitrogens with one attached hydrogen (secondary N) is 1. The van der Waals surface area contributed by atoms with E-state index >= 15 is 0 Å². The van der Waals surface area contributed by atoms with Crippen LogP contribution in [-0.2, 0) is 11.2 Å². The summed E-state index contributed by atoms with van der Waals surface area (Å²) in [6.07, 6.45) is 2.95. The van der Waals surface area contributed by atoms with E-state index in [1.54, 1.807) is 7.11 Å². The average Bonchev–Trinajstić information content (AvgIpc) is 2.96. The van der Waals surface area contributed by atoms with Crippen molar-refractivity contribution in [2.75, 3.05) is 32.2 Å². The smallest absolute Gasteiger partial charge is 0.213 e. The Kier molecular flexibility index (Phi) is 3.83. The summed E-state index contributed by atoms with van der Waals surface area (Å²) in [6.45, 7) is 2.12. The molecule has 1 aromatic carbocycles. The molecule has 1 aliphatic heterocycles. The maximum absolute atomic E-state index is 5.47. The SMILES string of the molecule is COCCOc1ccc(-c2ccc3c(c2)CCN3)cn1. The van der Waals surface area contributed by atoms with Gasteiger partial charge >= 0.3 is 0 Å². The molecule has 0 unspecified atom stereocenters. The fourth-order valence-corrected chi connectivity index (χ4v) is 2.35. The highest BCUT2D eigenvalue weighted by atomic mass is 16.5. The van der Waals surface area contributed by atoms with E-state index < -0.39 is 0 Å². The molecule has 0 saturated heterocycles. The highest BCUT2D eigenvalue weighted by Crippen LogP contribution is 2.28. The lowest BCUT2D eigenvalue weighted by molar-refractivity contribution is 0.144. The molecule has 0 aliphatic carbocycles. The summed E-state index contributed by atoms with van der Waals surface area (Å²) >= 11 is 0. The van der Waals surface area contributed by atoms with Gasteiger partial charge in [0.2, 0.25) is 5.88 Å². The fourth-order valence-electron chi connectivity index (χ4n) is 2.35. The number of rotatable bonds is 5. The van der Waals surface area contributed by atoms with Gasteiger partial charge in [-0.15, -0.1) is 0 Å². The lowest BCUT2D eigenvalue weighted by atomic mass is 10.0. The van der Waals surface area contributed by atoms with E-state index in [4.69, 9.17) is 9.47 Å². The Morgan fingerprint density at radius 1 is 1.15 bits per heavy atom. The number of aromatic nitrogens is 1. The van der Waals surface area contributed by atoms with Crippen molar-refractivity contribution >= 4 is 5.69 Å². The predicted octanol–water partition coefficient (Wildman–Crippen LogP) is 2.74. The first-order valence-corrected chi connectivity index (χ1v) is 6.82. The summed E-state index contributed by atoms with van der Waals surface area (Å²) in [6, 6.07) is 10.4. The molecule has 2 aromatic rings. The number of pyridine rings is 1. The highest BCUT2D eigenvalue weighted by Gasteiger charge is 2.10. The van der Waals surface area contributed by atoms with Crippen molar-refractivity contribution < 1.29 is 9.47 Å². The third-order valence-electron chi connectivity index (χ3n) is 3.42. The minimum atomic E-state index is 0.521. The van der Waals surface area contributed by atoms with Crippen LogP contribution in [0.5, 0.6) is 5.88 Å². The molecule has 0 amide bonds. The molecular weight excluding hydrogens is 252 g/mol. The molecular formula is C16H18N2O2. The first kappa shape index (κ1) is 12.9. The number of ether oxygens (including phenoxy) is 2. The van der Waals surface area contributed by atoms with Crippen LogP contribution >= 0.6 is 0 Å². The standard InChI is InChI=1S/C16H18N2O2/c1-19-8-9-20-16-5-3-14(11-18-16)12-2-4-15-13(10-12)6-7-17-15/h2-5,10-11,17H,6-9H2,1H3. The van der Waals surface area contributed by atoms with Crippen LogP contribution < -0.4 is 10.1 Å². The Morgan fingerprint density at radius 3 is 2.85 bits per heavy atom. The van der Waals surface area contributed by atoms with Crippen molar-refractivity contribution in [3.05, 3.63) is 42.1 Å². The van der Waals surface area contributed by atoms with Crippen molar-refractivity contribution in [3.8, 4) is 17.0 Å². The van der Waals surface area contributed by atoms with Crippen molar-refractivity contribution in [2.24, 2.45) is 0 Å². The number of nitrogens with zero attached hydrogens (tertiary/aromatic N) is 1. The minimum Gasteiger partial charge on any atom is -0.475 e. The van der Waals surface area contributed by atoms with Crippen LogP contribution in [0.3, 0.4) is 0 Å². The zero-order chi connectivity index (χ0) is 13.8. The van der Waals surface area contributed by atoms with E-state index in [0.717, 1.165) is 18.5 Å². The van der Waals surface area contributed by atoms with Gasteiger partial charge < -0.3 is 14.8 Å². The first-order valence-electron chi connectivity index (χ1n) is 6.82. The molecule has 4 heteroatoms. The monoisotopic (exact) mass is 270 g/mol. The number of benzene rings is 1. The molecule has 20 heavy (non-hydrogen) atoms. The van der Waals surface area contributed by atoms with Gasteiger partial charge in [-0.3, -0.25) is 0 Å². The largest absolute Gasteiger partial charge is 0.475 e. The molecule has 3 rings (SSSR count). The van der Waals surface area contributed by atoms with Crippen LogP contribution in [0.1, 0.15) is 5.56 Å². The van der Waals surface area contributed by atoms with Crippen LogP contribution in [0.4, 0.5) is 5.69 Å². The molecule has 0 atom stereocenters. The number of hydrogen-bond acceptors (Lipinski definition) is 4. The maximum atomic E-state index is 5.47. The molecule has 4 nitrogen and oxygen atoms in total. The summed E-state index contributed by atoms with van der Waals surface area (Å²) in [5.41, 5.74) is 4.94. The van der Waals surface area contributed by atoms with Gasteiger partial charge in [0.15, 0.2) is 0 Å². The lowest BCUT2D eigenvalue weighted by Crippen LogP contribution is -2.05. The van der Waals surface area contributed by atoms with Crippen LogP contribution in [0.2, 0.25) is 0 Å². The van der Waals surface area contributed by atoms with E-state index in [1.165, 1.54) is 16.8 Å². The Morgan fingerprint density at radius 2 is 2.05 bits per heavy atom. The van der Waals surface area contributed by atoms with Crippen LogP contribution in [-0.4, -0.2) is 31.9 Å². The van der Waals surface area contributed by atoms with Crippen LogP contribution in [0, 0.1) is 0 Å². The van der Waals surface area contributed by atoms with E-state index in [2.05, 4.69) is 28.5 Å². The molecule has 1 aliphatic rings. The average molecular weight is 270 g/mol. The summed E-state index contributed by atoms with van der Waals surface area (Å²) < 4.78 is 10.4. The van der Waals surface area contributed by atoms with Gasteiger partial charge in [-0.2, -0.15) is 0 Å². The second-order valence-corrected chi connectivity index (χ2v) is 4.78. The third-order valence-corrected chi connectivity index (χ3v) is 3.42. The van der Waals surface area contributed by atoms with Gasteiger partial charge in [0.25, 0.3) is 0 Å². The molecule has 0 saturated carbocycles. The molecule has 0 bridgehead atoms. The number of hydrogen-bond donors (Lipinski definition) is 1. The quantitative estimate of drug-likeness (QED) is 0.848. The molecule has 104 valence electrons. The van der Waals surface area contributed by atoms with E-state index in [1.807, 2.05) is 18.3 Å². The number of methoxy groups -OCH3 is 1. The zero-order valence-corrected chi connectivity index (χ0v) is 11.6. The van der Waals surface area contributed by atoms with Gasteiger partial charge in [-0.1, -0.05) is 6.07 Å². The molecule has 0 radical (unpaired) electrons. The lowest BCUT2D eigenvalue weighted by Gasteiger charge is -2.07. The number of anilines is 1. The van der Waals surface area contributed by atoms with E-state index in [-0.39, 0.29) is 0 Å². The van der Waals surface area contributed by atoms with Gasteiger partial charge in [-0.05, 0) is 35.7 Å². The van der Waals surface area contributed by atoms with E-state index in [9.17, 15) is 0 Å². The van der Waals surface area contributed by atoms with Gasteiger partial charge in [0, 0.05) is 37.2 Å². The van der Waals surface area contributed by atoms with Gasteiger partial charge in [-0.25, -0.2) is 4.98 Å². The summed E-state index contributed by atoms with van der Waals surface area (Å²) in [7, 11) is 1.66. The summed E-state index contributed by atoms with van der Waals surface area (Å²) in [5.74, 6) is 0.633. The second-order valence-electron chi connectivity index (χ2n) is 4.78. The van der Waals surface area contributed by atoms with Gasteiger partial charge in [0.05, 0.1) is 6.61 Å². The topological polar surface area (TPSA) is 43.4 Å². The fraction of sp³-hybridized carbons (Fsp3) is 0.312. The molecule has 0 fully saturated rings. The Labute approximate surface area is 118 Å². The van der Waals surface area contributed by atoms with Crippen LogP contribution in [0.25, 0.3) is 11.1 Å². The Hall–Kier alpha value is -2.07. The predicted molar refractivity (Wildman–Crippen MR) is 79.2 cm³/mol. The Bertz CT molecular complexity index is 582. The first-order chi connectivity index (χ1) is 9.86. The van der Waals surface area contributed by atoms with Crippen molar-refractivity contribution in [3.63, 3.8) is 0 Å². The minimum absolute atomic E-state index is 0.521. The molecule has 2 heterocycles. The normalized spacial score (nSPS) is 12.8. The molecule has 0 spiro atoms. The van der Waals surface area contributed by atoms with Crippen molar-refractivity contribution in [1.29, 1.82) is 0 Å². The molecule has 1 aromatic heterocycles. The Balaban J connectivity index is 1.74. The van der Waals surface area contributed by atoms with E-state index in [0.29, 0.717) is 19.1 Å².